The standard InChI is InChI=1S/C37H26N2/c1-25-13-14-30(24-39-25)26-15-19-28(20-16-26)36-31-8-2-4-10-33(31)37(34-11-5-3-9-32(34)36)29-21-17-27(18-22-29)35-12-6-7-23-38-35/h2-24H,1H3. The summed E-state index contributed by atoms with van der Waals surface area (Å²) < 4.78 is 0. The molecule has 0 N–H and O–H groups in total. The fourth-order valence-corrected chi connectivity index (χ4v) is 5.56. The normalized spacial score (nSPS) is 11.2. The number of benzene rings is 5. The maximum absolute atomic E-state index is 4.52. The minimum absolute atomic E-state index is 0.985. The van der Waals surface area contributed by atoms with Crippen molar-refractivity contribution < 1.29 is 0 Å². The first-order chi connectivity index (χ1) is 19.3. The molecule has 0 aliphatic heterocycles. The van der Waals surface area contributed by atoms with Crippen molar-refractivity contribution in [2.75, 3.05) is 0 Å². The van der Waals surface area contributed by atoms with Gasteiger partial charge in [0.1, 0.15) is 0 Å². The van der Waals surface area contributed by atoms with Gasteiger partial charge >= 0.3 is 0 Å². The van der Waals surface area contributed by atoms with Crippen LogP contribution in [0.2, 0.25) is 0 Å². The third kappa shape index (κ3) is 4.17. The second kappa shape index (κ2) is 9.66. The smallest absolute Gasteiger partial charge is 0.0701 e. The van der Waals surface area contributed by atoms with E-state index in [2.05, 4.69) is 125 Å². The fraction of sp³-hybridized carbons (Fsp3) is 0.0270. The summed E-state index contributed by atoms with van der Waals surface area (Å²) in [5.41, 5.74) is 10.4. The van der Waals surface area contributed by atoms with E-state index in [0.717, 1.165) is 22.5 Å². The Morgan fingerprint density at radius 2 is 0.846 bits per heavy atom. The van der Waals surface area contributed by atoms with E-state index in [1.807, 2.05) is 31.5 Å². The largest absolute Gasteiger partial charge is 0.261 e. The summed E-state index contributed by atoms with van der Waals surface area (Å²) in [6.45, 7) is 2.02. The highest BCUT2D eigenvalue weighted by Gasteiger charge is 2.16. The van der Waals surface area contributed by atoms with Gasteiger partial charge in [0.2, 0.25) is 0 Å². The van der Waals surface area contributed by atoms with Crippen LogP contribution in [0.25, 0.3) is 66.2 Å². The van der Waals surface area contributed by atoms with Crippen LogP contribution in [0.4, 0.5) is 0 Å². The number of hydrogen-bond acceptors (Lipinski definition) is 2. The van der Waals surface area contributed by atoms with Crippen molar-refractivity contribution in [2.24, 2.45) is 0 Å². The number of fused-ring (bicyclic) bond motifs is 2. The Morgan fingerprint density at radius 1 is 0.385 bits per heavy atom. The van der Waals surface area contributed by atoms with Crippen LogP contribution in [-0.4, -0.2) is 9.97 Å². The van der Waals surface area contributed by atoms with E-state index in [-0.39, 0.29) is 0 Å². The molecule has 0 saturated heterocycles. The molecule has 2 heterocycles. The summed E-state index contributed by atoms with van der Waals surface area (Å²) in [5, 5.41) is 5.02. The highest BCUT2D eigenvalue weighted by molar-refractivity contribution is 6.21. The van der Waals surface area contributed by atoms with Gasteiger partial charge in [0.25, 0.3) is 0 Å². The zero-order valence-electron chi connectivity index (χ0n) is 21.7. The van der Waals surface area contributed by atoms with Gasteiger partial charge in [0, 0.05) is 29.2 Å². The van der Waals surface area contributed by atoms with Gasteiger partial charge in [-0.15, -0.1) is 0 Å². The third-order valence-electron chi connectivity index (χ3n) is 7.48. The first-order valence-corrected chi connectivity index (χ1v) is 13.2. The van der Waals surface area contributed by atoms with Crippen molar-refractivity contribution in [1.29, 1.82) is 0 Å². The molecule has 7 rings (SSSR count). The lowest BCUT2D eigenvalue weighted by molar-refractivity contribution is 1.20. The topological polar surface area (TPSA) is 25.8 Å². The van der Waals surface area contributed by atoms with Crippen molar-refractivity contribution in [3.05, 3.63) is 145 Å². The van der Waals surface area contributed by atoms with Gasteiger partial charge in [-0.05, 0) is 74.5 Å². The summed E-state index contributed by atoms with van der Waals surface area (Å²) >= 11 is 0. The zero-order valence-corrected chi connectivity index (χ0v) is 21.7. The molecule has 7 aromatic rings. The number of aromatic nitrogens is 2. The van der Waals surface area contributed by atoms with Crippen LogP contribution in [0, 0.1) is 6.92 Å². The summed E-state index contributed by atoms with van der Waals surface area (Å²) in [6, 6.07) is 45.5. The third-order valence-corrected chi connectivity index (χ3v) is 7.48. The molecule has 0 aliphatic carbocycles. The summed E-state index contributed by atoms with van der Waals surface area (Å²) in [6.07, 6.45) is 3.79. The highest BCUT2D eigenvalue weighted by Crippen LogP contribution is 2.44. The average molecular weight is 499 g/mol. The SMILES string of the molecule is Cc1ccc(-c2ccc(-c3c4ccccc4c(-c4ccc(-c5ccccn5)cc4)c4ccccc34)cc2)cn1. The van der Waals surface area contributed by atoms with E-state index in [4.69, 9.17) is 0 Å². The molecule has 0 radical (unpaired) electrons. The quantitative estimate of drug-likeness (QED) is 0.226. The van der Waals surface area contributed by atoms with Gasteiger partial charge in [-0.25, -0.2) is 0 Å². The van der Waals surface area contributed by atoms with Crippen molar-refractivity contribution in [2.45, 2.75) is 6.92 Å². The molecular weight excluding hydrogens is 472 g/mol. The Labute approximate surface area is 228 Å². The molecule has 0 saturated carbocycles. The van der Waals surface area contributed by atoms with Crippen LogP contribution in [0.5, 0.6) is 0 Å². The van der Waals surface area contributed by atoms with E-state index < -0.39 is 0 Å². The van der Waals surface area contributed by atoms with Crippen molar-refractivity contribution in [3.63, 3.8) is 0 Å². The maximum Gasteiger partial charge on any atom is 0.0701 e. The molecule has 0 aliphatic rings. The number of nitrogens with zero attached hydrogens (tertiary/aromatic N) is 2. The van der Waals surface area contributed by atoms with Crippen LogP contribution < -0.4 is 0 Å². The van der Waals surface area contributed by atoms with Crippen molar-refractivity contribution in [3.8, 4) is 44.6 Å². The molecule has 0 spiro atoms. The molecule has 2 aromatic heterocycles. The predicted molar refractivity (Wildman–Crippen MR) is 164 cm³/mol. The van der Waals surface area contributed by atoms with Crippen LogP contribution in [0.1, 0.15) is 5.69 Å². The number of aryl methyl sites for hydroxylation is 1. The molecular formula is C37H26N2. The predicted octanol–water partition coefficient (Wildman–Crippen LogP) is 9.76. The molecule has 0 amide bonds. The molecule has 0 unspecified atom stereocenters. The van der Waals surface area contributed by atoms with Gasteiger partial charge in [-0.3, -0.25) is 9.97 Å². The maximum atomic E-state index is 4.52. The molecule has 184 valence electrons. The summed E-state index contributed by atoms with van der Waals surface area (Å²) in [7, 11) is 0. The Hall–Kier alpha value is -5.08. The molecule has 39 heavy (non-hydrogen) atoms. The Balaban J connectivity index is 1.41. The van der Waals surface area contributed by atoms with Crippen LogP contribution in [0.3, 0.4) is 0 Å². The van der Waals surface area contributed by atoms with Gasteiger partial charge in [0.05, 0.1) is 5.69 Å². The lowest BCUT2D eigenvalue weighted by atomic mass is 9.85. The fourth-order valence-electron chi connectivity index (χ4n) is 5.56. The van der Waals surface area contributed by atoms with E-state index in [9.17, 15) is 0 Å². The molecule has 2 nitrogen and oxygen atoms in total. The molecule has 2 heteroatoms. The first-order valence-electron chi connectivity index (χ1n) is 13.2. The van der Waals surface area contributed by atoms with E-state index >= 15 is 0 Å². The molecule has 0 atom stereocenters. The van der Waals surface area contributed by atoms with Crippen molar-refractivity contribution in [1.82, 2.24) is 9.97 Å². The average Bonchev–Trinajstić information content (AvgIpc) is 3.01. The van der Waals surface area contributed by atoms with Gasteiger partial charge in [0.15, 0.2) is 0 Å². The van der Waals surface area contributed by atoms with Crippen LogP contribution in [-0.2, 0) is 0 Å². The monoisotopic (exact) mass is 498 g/mol. The first kappa shape index (κ1) is 23.1. The van der Waals surface area contributed by atoms with E-state index in [0.29, 0.717) is 0 Å². The Bertz CT molecular complexity index is 1860. The summed E-state index contributed by atoms with van der Waals surface area (Å²) in [4.78, 5) is 9.00. The number of rotatable bonds is 4. The van der Waals surface area contributed by atoms with E-state index in [1.54, 1.807) is 0 Å². The second-order valence-corrected chi connectivity index (χ2v) is 9.90. The minimum Gasteiger partial charge on any atom is -0.261 e. The van der Waals surface area contributed by atoms with Crippen LogP contribution >= 0.6 is 0 Å². The Morgan fingerprint density at radius 3 is 1.31 bits per heavy atom. The molecule has 0 bridgehead atoms. The van der Waals surface area contributed by atoms with E-state index in [1.165, 1.54) is 49.4 Å². The Kier molecular flexibility index (Phi) is 5.71. The van der Waals surface area contributed by atoms with Gasteiger partial charge in [-0.2, -0.15) is 0 Å². The molecule has 5 aromatic carbocycles. The van der Waals surface area contributed by atoms with Gasteiger partial charge in [-0.1, -0.05) is 109 Å². The number of pyridine rings is 2. The number of hydrogen-bond donors (Lipinski definition) is 0. The lowest BCUT2D eigenvalue weighted by Gasteiger charge is -2.18. The summed E-state index contributed by atoms with van der Waals surface area (Å²) in [5.74, 6) is 0. The molecule has 0 fully saturated rings. The zero-order chi connectivity index (χ0) is 26.2. The van der Waals surface area contributed by atoms with Crippen molar-refractivity contribution >= 4 is 21.5 Å². The highest BCUT2D eigenvalue weighted by atomic mass is 14.7. The van der Waals surface area contributed by atoms with Gasteiger partial charge < -0.3 is 0 Å². The van der Waals surface area contributed by atoms with Crippen LogP contribution in [0.15, 0.2) is 140 Å². The second-order valence-electron chi connectivity index (χ2n) is 9.90. The lowest BCUT2D eigenvalue weighted by Crippen LogP contribution is -1.91. The minimum atomic E-state index is 0.985.